The summed E-state index contributed by atoms with van der Waals surface area (Å²) in [6, 6.07) is 12.2. The first-order chi connectivity index (χ1) is 34.3. The normalized spacial score (nSPS) is 12.9. The van der Waals surface area contributed by atoms with Crippen molar-refractivity contribution in [2.24, 2.45) is 0 Å². The number of carbonyl (C=O) groups excluding carboxylic acids is 2. The first kappa shape index (κ1) is 53.9. The highest BCUT2D eigenvalue weighted by Gasteiger charge is 2.24. The molecule has 19 nitrogen and oxygen atoms in total. The van der Waals surface area contributed by atoms with Gasteiger partial charge >= 0.3 is 0 Å². The van der Waals surface area contributed by atoms with E-state index in [4.69, 9.17) is 62.6 Å². The van der Waals surface area contributed by atoms with Crippen LogP contribution in [0.25, 0.3) is 66.9 Å². The minimum Gasteiger partial charge on any atom is -0.383 e. The van der Waals surface area contributed by atoms with Crippen LogP contribution >= 0.6 is 23.2 Å². The van der Waals surface area contributed by atoms with Gasteiger partial charge in [-0.2, -0.15) is 10.2 Å². The maximum atomic E-state index is 13.3. The van der Waals surface area contributed by atoms with Crippen LogP contribution in [-0.4, -0.2) is 166 Å². The van der Waals surface area contributed by atoms with E-state index in [9.17, 15) is 9.59 Å². The molecule has 6 aromatic heterocycles. The molecule has 72 heavy (non-hydrogen) atoms. The van der Waals surface area contributed by atoms with Gasteiger partial charge in [-0.25, -0.2) is 19.9 Å². The summed E-state index contributed by atoms with van der Waals surface area (Å²) in [6.07, 6.45) is 6.77. The number of carbonyl (C=O) groups is 2. The average molecular weight is 1040 g/mol. The number of methoxy groups -OCH3 is 2. The third-order valence-corrected chi connectivity index (χ3v) is 13.9. The molecule has 0 bridgehead atoms. The maximum absolute atomic E-state index is 13.3. The number of halogens is 2. The molecule has 8 aromatic rings. The van der Waals surface area contributed by atoms with Crippen LogP contribution in [0.1, 0.15) is 34.6 Å². The molecule has 0 saturated carbocycles. The molecule has 384 valence electrons. The van der Waals surface area contributed by atoms with Gasteiger partial charge in [0.2, 0.25) is 0 Å². The largest absolute Gasteiger partial charge is 0.383 e. The van der Waals surface area contributed by atoms with Crippen LogP contribution in [0.15, 0.2) is 61.2 Å². The highest BCUT2D eigenvalue weighted by atomic mass is 35.5. The molecule has 0 unspecified atom stereocenters. The highest BCUT2D eigenvalue weighted by molar-refractivity contribution is 6.76. The molecular weight excluding hydrogens is 976 g/mol. The third-order valence-electron chi connectivity index (χ3n) is 11.7. The van der Waals surface area contributed by atoms with Gasteiger partial charge in [-0.15, -0.1) is 0 Å². The van der Waals surface area contributed by atoms with Gasteiger partial charge < -0.3 is 44.2 Å². The Morgan fingerprint density at radius 3 is 1.78 bits per heavy atom. The Bertz CT molecular complexity index is 3160. The van der Waals surface area contributed by atoms with Gasteiger partial charge in [-0.05, 0) is 84.5 Å². The van der Waals surface area contributed by atoms with Crippen molar-refractivity contribution in [1.82, 2.24) is 69.5 Å². The fraction of sp³-hybridized carbons (Fsp3) is 0.440. The zero-order valence-electron chi connectivity index (χ0n) is 43.0. The predicted molar refractivity (Wildman–Crippen MR) is 288 cm³/mol. The topological polar surface area (TPSA) is 200 Å². The Labute approximate surface area is 430 Å². The van der Waals surface area contributed by atoms with E-state index < -0.39 is 8.07 Å². The number of nitrogens with one attached hydrogen (secondary N) is 3. The molecule has 6 heterocycles. The van der Waals surface area contributed by atoms with Crippen molar-refractivity contribution < 1.29 is 23.8 Å². The molecule has 0 spiro atoms. The molecule has 0 saturated heterocycles. The number of nitrogens with zero attached hydrogens (tertiary/aromatic N) is 11. The first-order valence-electron chi connectivity index (χ1n) is 23.8. The Morgan fingerprint density at radius 1 is 0.750 bits per heavy atom. The summed E-state index contributed by atoms with van der Waals surface area (Å²) in [6.45, 7) is 15.5. The third kappa shape index (κ3) is 13.2. The van der Waals surface area contributed by atoms with Gasteiger partial charge in [0, 0.05) is 87.3 Å². The molecule has 0 aliphatic carbocycles. The van der Waals surface area contributed by atoms with Crippen LogP contribution in [0.4, 0.5) is 0 Å². The lowest BCUT2D eigenvalue weighted by Crippen LogP contribution is -2.35. The van der Waals surface area contributed by atoms with Crippen molar-refractivity contribution in [3.63, 3.8) is 0 Å². The summed E-state index contributed by atoms with van der Waals surface area (Å²) in [5, 5.41) is 18.8. The second-order valence-corrected chi connectivity index (χ2v) is 26.2. The van der Waals surface area contributed by atoms with Gasteiger partial charge in [-0.1, -0.05) is 42.8 Å². The number of H-pyrrole nitrogens is 1. The summed E-state index contributed by atoms with van der Waals surface area (Å²) in [4.78, 5) is 52.3. The molecular formula is C50H66Cl2N14O5Si. The summed E-state index contributed by atoms with van der Waals surface area (Å²) >= 11 is 12.6. The fourth-order valence-corrected chi connectivity index (χ4v) is 9.03. The SMILES string of the molecule is COC[C@H](C)NC(=O)c1c[nH]c2ncc(-c3nn(CCN(C)C)c4cc(Cl)ccc34)nc12.COC[C@H](C)NC(=O)c1cn(COCC[Si](C)(C)C)c2ncc(-c3nn(CCN(C)C)c4cc(Cl)ccc34)nc12. The molecule has 22 heteroatoms. The van der Waals surface area contributed by atoms with E-state index in [2.05, 4.69) is 50.0 Å². The lowest BCUT2D eigenvalue weighted by atomic mass is 10.1. The number of rotatable bonds is 21. The minimum atomic E-state index is -1.23. The van der Waals surface area contributed by atoms with Crippen LogP contribution in [0.2, 0.25) is 35.7 Å². The van der Waals surface area contributed by atoms with Gasteiger partial charge in [-0.3, -0.25) is 19.0 Å². The number of likely N-dealkylation sites (N-methyl/N-ethyl adjacent to an activating group) is 2. The summed E-state index contributed by atoms with van der Waals surface area (Å²) < 4.78 is 22.0. The molecule has 3 N–H and O–H groups in total. The van der Waals surface area contributed by atoms with Crippen molar-refractivity contribution >= 4 is 87.2 Å². The van der Waals surface area contributed by atoms with Gasteiger partial charge in [0.05, 0.1) is 60.9 Å². The quantitative estimate of drug-likeness (QED) is 0.0468. The Balaban J connectivity index is 0.000000216. The van der Waals surface area contributed by atoms with Crippen LogP contribution in [0.3, 0.4) is 0 Å². The summed E-state index contributed by atoms with van der Waals surface area (Å²) in [5.41, 5.74) is 7.39. The lowest BCUT2D eigenvalue weighted by molar-refractivity contribution is 0.0879. The Hall–Kier alpha value is -5.84. The fourth-order valence-electron chi connectivity index (χ4n) is 7.94. The average Bonchev–Trinajstić information content (AvgIpc) is 4.10. The first-order valence-corrected chi connectivity index (χ1v) is 28.3. The summed E-state index contributed by atoms with van der Waals surface area (Å²) in [5.74, 6) is -0.476. The standard InChI is InChI=1S/C28H40ClN7O3Si.C22H26ClN7O2/c1-19(17-38-4)31-28(37)22-16-35(18-39-12-13-40(5,6)7)27-26(22)32-23(15-30-27)25-21-9-8-20(29)14-24(21)36(33-25)11-10-34(2)3;1-13(12-32-4)26-22(31)16-10-24-21-20(16)27-17(11-25-21)19-15-6-5-14(23)9-18(15)30(28-19)8-7-29(2)3/h8-9,14-16,19H,10-13,17-18H2,1-7H3,(H,31,37);5-6,9-11,13H,7-8,12H2,1-4H3,(H,24,25)(H,26,31)/t19-;13-/m00/s1. The number of benzene rings is 2. The van der Waals surface area contributed by atoms with E-state index in [1.165, 1.54) is 0 Å². The van der Waals surface area contributed by atoms with Crippen molar-refractivity contribution in [1.29, 1.82) is 0 Å². The van der Waals surface area contributed by atoms with E-state index in [0.717, 1.165) is 40.9 Å². The van der Waals surface area contributed by atoms with E-state index in [1.807, 2.05) is 92.4 Å². The van der Waals surface area contributed by atoms with E-state index >= 15 is 0 Å². The van der Waals surface area contributed by atoms with E-state index in [-0.39, 0.29) is 30.6 Å². The minimum absolute atomic E-state index is 0.130. The Kier molecular flexibility index (Phi) is 17.8. The zero-order valence-corrected chi connectivity index (χ0v) is 45.5. The second kappa shape index (κ2) is 23.8. The van der Waals surface area contributed by atoms with Gasteiger partial charge in [0.15, 0.2) is 11.3 Å². The smallest absolute Gasteiger partial charge is 0.255 e. The molecule has 8 rings (SSSR count). The Morgan fingerprint density at radius 2 is 1.26 bits per heavy atom. The number of hydrogen-bond acceptors (Lipinski definition) is 13. The van der Waals surface area contributed by atoms with Crippen molar-refractivity contribution in [2.75, 3.05) is 75.3 Å². The van der Waals surface area contributed by atoms with Crippen molar-refractivity contribution in [3.05, 3.63) is 82.4 Å². The molecule has 0 aliphatic heterocycles. The van der Waals surface area contributed by atoms with Crippen LogP contribution in [0, 0.1) is 0 Å². The number of fused-ring (bicyclic) bond motifs is 4. The van der Waals surface area contributed by atoms with Gasteiger partial charge in [0.25, 0.3) is 11.8 Å². The van der Waals surface area contributed by atoms with E-state index in [0.29, 0.717) is 99.2 Å². The highest BCUT2D eigenvalue weighted by Crippen LogP contribution is 2.32. The summed E-state index contributed by atoms with van der Waals surface area (Å²) in [7, 11) is 10.1. The van der Waals surface area contributed by atoms with Crippen molar-refractivity contribution in [3.8, 4) is 22.8 Å². The monoisotopic (exact) mass is 1040 g/mol. The molecule has 2 aromatic carbocycles. The zero-order chi connectivity index (χ0) is 51.9. The van der Waals surface area contributed by atoms with Crippen molar-refractivity contribution in [2.45, 2.75) is 71.4 Å². The predicted octanol–water partition coefficient (Wildman–Crippen LogP) is 7.69. The number of ether oxygens (including phenoxy) is 3. The number of aromatic amines is 1. The lowest BCUT2D eigenvalue weighted by Gasteiger charge is -2.15. The number of hydrogen-bond donors (Lipinski definition) is 3. The molecule has 0 radical (unpaired) electrons. The molecule has 2 atom stereocenters. The van der Waals surface area contributed by atoms with Crippen LogP contribution < -0.4 is 10.6 Å². The van der Waals surface area contributed by atoms with E-state index in [1.54, 1.807) is 39.0 Å². The molecule has 2 amide bonds. The van der Waals surface area contributed by atoms with Crippen LogP contribution in [-0.2, 0) is 34.0 Å². The number of amides is 2. The number of aromatic nitrogens is 10. The second-order valence-electron chi connectivity index (χ2n) is 19.7. The molecule has 0 aliphatic rings. The van der Waals surface area contributed by atoms with Gasteiger partial charge in [0.1, 0.15) is 40.5 Å². The molecule has 0 fully saturated rings. The van der Waals surface area contributed by atoms with Crippen LogP contribution in [0.5, 0.6) is 0 Å². The maximum Gasteiger partial charge on any atom is 0.255 e.